The van der Waals surface area contributed by atoms with Crippen LogP contribution in [-0.2, 0) is 14.0 Å². The van der Waals surface area contributed by atoms with Crippen LogP contribution in [0.25, 0.3) is 0 Å². The molecule has 0 atom stereocenters. The molecule has 0 amide bonds. The molecule has 0 aliphatic rings. The molecule has 0 bridgehead atoms. The summed E-state index contributed by atoms with van der Waals surface area (Å²) in [7, 11) is -4.25. The smallest absolute Gasteiger partial charge is 0.263 e. The first kappa shape index (κ1) is 11.2. The molecular formula is C5H12O4S2. The average molecular weight is 200 g/mol. The molecule has 0 fully saturated rings. The van der Waals surface area contributed by atoms with Crippen molar-refractivity contribution < 1.29 is 16.6 Å². The number of rotatable bonds is 6. The molecule has 1 N–H and O–H groups in total. The van der Waals surface area contributed by atoms with Gasteiger partial charge in [0.25, 0.3) is 0 Å². The van der Waals surface area contributed by atoms with Gasteiger partial charge in [-0.25, -0.2) is 0 Å². The summed E-state index contributed by atoms with van der Waals surface area (Å²) in [5, 5.41) is 0. The zero-order valence-electron chi connectivity index (χ0n) is 6.32. The highest BCUT2D eigenvalue weighted by molar-refractivity contribution is 8.02. The molecule has 68 valence electrons. The molecule has 0 aromatic heterocycles. The number of unbranched alkanes of at least 4 members (excludes halogenated alkanes) is 2. The molecule has 0 aliphatic carbocycles. The summed E-state index contributed by atoms with van der Waals surface area (Å²) in [5.41, 5.74) is 0. The van der Waals surface area contributed by atoms with Crippen molar-refractivity contribution in [3.8, 4) is 0 Å². The molecule has 0 saturated heterocycles. The number of hydrogen-bond donors (Lipinski definition) is 1. The normalized spacial score (nSPS) is 11.8. The zero-order chi connectivity index (χ0) is 8.74. The molecule has 0 aromatic carbocycles. The minimum absolute atomic E-state index is 0.591. The molecule has 6 heteroatoms. The van der Waals surface area contributed by atoms with E-state index in [9.17, 15) is 8.42 Å². The second-order valence-corrected chi connectivity index (χ2v) is 4.07. The molecule has 0 radical (unpaired) electrons. The van der Waals surface area contributed by atoms with E-state index >= 15 is 0 Å². The van der Waals surface area contributed by atoms with Gasteiger partial charge in [-0.3, -0.25) is 4.55 Å². The third-order valence-corrected chi connectivity index (χ3v) is 2.49. The van der Waals surface area contributed by atoms with Crippen LogP contribution in [0.5, 0.6) is 0 Å². The Kier molecular flexibility index (Phi) is 5.93. The maximum Gasteiger partial charge on any atom is 0.408 e. The molecule has 0 aromatic rings. The van der Waals surface area contributed by atoms with E-state index in [-0.39, 0.29) is 0 Å². The van der Waals surface area contributed by atoms with Gasteiger partial charge in [-0.2, -0.15) is 12.0 Å². The monoisotopic (exact) mass is 200 g/mol. The fourth-order valence-corrected chi connectivity index (χ4v) is 1.59. The van der Waals surface area contributed by atoms with Crippen LogP contribution < -0.4 is 0 Å². The van der Waals surface area contributed by atoms with Gasteiger partial charge in [0.15, 0.2) is 0 Å². The summed E-state index contributed by atoms with van der Waals surface area (Å²) < 4.78 is 32.1. The maximum absolute atomic E-state index is 9.98. The third-order valence-electron chi connectivity index (χ3n) is 0.965. The van der Waals surface area contributed by atoms with E-state index in [0.29, 0.717) is 5.75 Å². The summed E-state index contributed by atoms with van der Waals surface area (Å²) in [6.07, 6.45) is 3.02. The van der Waals surface area contributed by atoms with Crippen LogP contribution in [0.1, 0.15) is 26.2 Å². The lowest BCUT2D eigenvalue weighted by molar-refractivity contribution is 0.407. The van der Waals surface area contributed by atoms with Crippen LogP contribution in [0.15, 0.2) is 0 Å². The van der Waals surface area contributed by atoms with E-state index in [1.807, 2.05) is 6.92 Å². The SMILES string of the molecule is CCCCCSOS(=O)(=O)O. The van der Waals surface area contributed by atoms with Crippen LogP contribution >= 0.6 is 12.0 Å². The summed E-state index contributed by atoms with van der Waals surface area (Å²) in [5.74, 6) is 0.591. The lowest BCUT2D eigenvalue weighted by atomic mass is 10.3. The molecule has 0 heterocycles. The molecule has 0 spiro atoms. The zero-order valence-corrected chi connectivity index (χ0v) is 7.95. The van der Waals surface area contributed by atoms with Gasteiger partial charge in [-0.15, -0.1) is 0 Å². The van der Waals surface area contributed by atoms with Crippen molar-refractivity contribution in [2.24, 2.45) is 0 Å². The van der Waals surface area contributed by atoms with Crippen molar-refractivity contribution in [1.29, 1.82) is 0 Å². The van der Waals surface area contributed by atoms with Crippen LogP contribution in [-0.4, -0.2) is 18.7 Å². The van der Waals surface area contributed by atoms with Gasteiger partial charge in [0.05, 0.1) is 0 Å². The Hall–Kier alpha value is 0.220. The number of hydrogen-bond acceptors (Lipinski definition) is 4. The van der Waals surface area contributed by atoms with Crippen molar-refractivity contribution >= 4 is 22.4 Å². The lowest BCUT2D eigenvalue weighted by Crippen LogP contribution is -1.97. The van der Waals surface area contributed by atoms with Gasteiger partial charge >= 0.3 is 10.4 Å². The van der Waals surface area contributed by atoms with E-state index in [2.05, 4.69) is 3.63 Å². The summed E-state index contributed by atoms with van der Waals surface area (Å²) in [4.78, 5) is 0. The minimum Gasteiger partial charge on any atom is -0.263 e. The molecule has 4 nitrogen and oxygen atoms in total. The predicted octanol–water partition coefficient (Wildman–Crippen LogP) is 1.64. The van der Waals surface area contributed by atoms with E-state index in [0.717, 1.165) is 31.3 Å². The first-order valence-electron chi connectivity index (χ1n) is 3.35. The Morgan fingerprint density at radius 3 is 2.55 bits per heavy atom. The predicted molar refractivity (Wildman–Crippen MR) is 44.6 cm³/mol. The summed E-state index contributed by atoms with van der Waals surface area (Å²) in [6.45, 7) is 2.05. The molecule has 0 aliphatic heterocycles. The average Bonchev–Trinajstić information content (AvgIpc) is 1.85. The summed E-state index contributed by atoms with van der Waals surface area (Å²) >= 11 is 0.762. The van der Waals surface area contributed by atoms with Gasteiger partial charge in [0, 0.05) is 17.8 Å². The van der Waals surface area contributed by atoms with Gasteiger partial charge in [-0.05, 0) is 6.42 Å². The Labute approximate surface area is 71.5 Å². The van der Waals surface area contributed by atoms with Crippen LogP contribution in [0, 0.1) is 0 Å². The van der Waals surface area contributed by atoms with Crippen molar-refractivity contribution in [3.05, 3.63) is 0 Å². The van der Waals surface area contributed by atoms with Gasteiger partial charge in [0.1, 0.15) is 0 Å². The molecule has 11 heavy (non-hydrogen) atoms. The second kappa shape index (κ2) is 5.82. The molecule has 0 saturated carbocycles. The minimum atomic E-state index is -4.25. The van der Waals surface area contributed by atoms with Gasteiger partial charge in [0.2, 0.25) is 0 Å². The maximum atomic E-state index is 9.98. The van der Waals surface area contributed by atoms with E-state index in [1.165, 1.54) is 0 Å². The Morgan fingerprint density at radius 1 is 1.45 bits per heavy atom. The molecular weight excluding hydrogens is 188 g/mol. The highest BCUT2D eigenvalue weighted by Crippen LogP contribution is 2.09. The van der Waals surface area contributed by atoms with Gasteiger partial charge in [-0.1, -0.05) is 19.8 Å². The van der Waals surface area contributed by atoms with Crippen molar-refractivity contribution in [2.75, 3.05) is 5.75 Å². The first-order chi connectivity index (χ1) is 5.06. The van der Waals surface area contributed by atoms with Crippen LogP contribution in [0.4, 0.5) is 0 Å². The molecule has 0 unspecified atom stereocenters. The summed E-state index contributed by atoms with van der Waals surface area (Å²) in [6, 6.07) is 0. The lowest BCUT2D eigenvalue weighted by Gasteiger charge is -1.96. The Bertz CT molecular complexity index is 175. The largest absolute Gasteiger partial charge is 0.408 e. The second-order valence-electron chi connectivity index (χ2n) is 2.02. The third kappa shape index (κ3) is 10.2. The fourth-order valence-electron chi connectivity index (χ4n) is 0.506. The topological polar surface area (TPSA) is 63.6 Å². The van der Waals surface area contributed by atoms with E-state index in [1.54, 1.807) is 0 Å². The highest BCUT2D eigenvalue weighted by Gasteiger charge is 2.03. The standard InChI is InChI=1S/C5H12O4S2/c1-2-3-4-5-10-9-11(6,7)8/h2-5H2,1H3,(H,6,7,8). The highest BCUT2D eigenvalue weighted by atomic mass is 32.3. The van der Waals surface area contributed by atoms with E-state index < -0.39 is 10.4 Å². The molecule has 0 rings (SSSR count). The van der Waals surface area contributed by atoms with Crippen LogP contribution in [0.3, 0.4) is 0 Å². The Morgan fingerprint density at radius 2 is 2.09 bits per heavy atom. The quantitative estimate of drug-likeness (QED) is 0.401. The van der Waals surface area contributed by atoms with Gasteiger partial charge < -0.3 is 0 Å². The van der Waals surface area contributed by atoms with Crippen LogP contribution in [0.2, 0.25) is 0 Å². The van der Waals surface area contributed by atoms with E-state index in [4.69, 9.17) is 4.55 Å². The Balaban J connectivity index is 3.16. The van der Waals surface area contributed by atoms with Crippen molar-refractivity contribution in [3.63, 3.8) is 0 Å². The van der Waals surface area contributed by atoms with Crippen molar-refractivity contribution in [1.82, 2.24) is 0 Å². The fraction of sp³-hybridized carbons (Fsp3) is 1.00. The first-order valence-corrected chi connectivity index (χ1v) is 5.62. The van der Waals surface area contributed by atoms with Crippen molar-refractivity contribution in [2.45, 2.75) is 26.2 Å².